The van der Waals surface area contributed by atoms with Gasteiger partial charge < -0.3 is 4.98 Å². The van der Waals surface area contributed by atoms with Crippen LogP contribution in [0.15, 0.2) is 36.7 Å². The summed E-state index contributed by atoms with van der Waals surface area (Å²) in [7, 11) is 0. The molecule has 0 aliphatic heterocycles. The summed E-state index contributed by atoms with van der Waals surface area (Å²) in [6, 6.07) is 8.47. The van der Waals surface area contributed by atoms with E-state index in [0.717, 1.165) is 5.65 Å². The number of hydrogen-bond donors (Lipinski definition) is 1. The van der Waals surface area contributed by atoms with Gasteiger partial charge in [0.05, 0.1) is 0 Å². The second-order valence-corrected chi connectivity index (χ2v) is 4.80. The third-order valence-corrected chi connectivity index (χ3v) is 3.50. The van der Waals surface area contributed by atoms with Crippen molar-refractivity contribution in [2.45, 2.75) is 6.92 Å². The van der Waals surface area contributed by atoms with Crippen LogP contribution < -0.4 is 0 Å². The van der Waals surface area contributed by atoms with Crippen molar-refractivity contribution in [3.63, 3.8) is 0 Å². The number of aromatic nitrogens is 2. The van der Waals surface area contributed by atoms with Crippen LogP contribution in [0.5, 0.6) is 0 Å². The van der Waals surface area contributed by atoms with Crippen LogP contribution in [0.3, 0.4) is 0 Å². The molecule has 3 heterocycles. The largest absolute Gasteiger partial charge is 0.346 e. The molecular weight excluding hydrogens is 204 g/mol. The Morgan fingerprint density at radius 3 is 2.93 bits per heavy atom. The van der Waals surface area contributed by atoms with E-state index in [1.807, 2.05) is 23.7 Å². The van der Waals surface area contributed by atoms with Crippen molar-refractivity contribution in [1.29, 1.82) is 0 Å². The summed E-state index contributed by atoms with van der Waals surface area (Å²) >= 11 is 1.82. The van der Waals surface area contributed by atoms with Gasteiger partial charge >= 0.3 is 0 Å². The maximum atomic E-state index is 4.28. The first-order chi connectivity index (χ1) is 7.34. The summed E-state index contributed by atoms with van der Waals surface area (Å²) in [4.78, 5) is 10.1. The molecule has 0 radical (unpaired) electrons. The molecule has 0 spiro atoms. The van der Waals surface area contributed by atoms with Crippen molar-refractivity contribution in [2.75, 3.05) is 0 Å². The summed E-state index contributed by atoms with van der Waals surface area (Å²) < 4.78 is 0. The number of fused-ring (bicyclic) bond motifs is 1. The molecule has 3 aromatic rings. The summed E-state index contributed by atoms with van der Waals surface area (Å²) in [5, 5.41) is 1.19. The van der Waals surface area contributed by atoms with Crippen LogP contribution >= 0.6 is 11.3 Å². The molecule has 0 aliphatic carbocycles. The van der Waals surface area contributed by atoms with Crippen LogP contribution in [-0.2, 0) is 0 Å². The first-order valence-electron chi connectivity index (χ1n) is 4.83. The van der Waals surface area contributed by atoms with Crippen molar-refractivity contribution >= 4 is 22.4 Å². The molecule has 0 atom stereocenters. The molecule has 3 heteroatoms. The van der Waals surface area contributed by atoms with E-state index >= 15 is 0 Å². The average Bonchev–Trinajstić information content (AvgIpc) is 2.84. The van der Waals surface area contributed by atoms with Crippen LogP contribution in [-0.4, -0.2) is 9.97 Å². The molecule has 0 bridgehead atoms. The Bertz CT molecular complexity index is 607. The fourth-order valence-electron chi connectivity index (χ4n) is 1.76. The molecule has 0 fully saturated rings. The molecule has 0 amide bonds. The van der Waals surface area contributed by atoms with Gasteiger partial charge in [0, 0.05) is 33.1 Å². The van der Waals surface area contributed by atoms with Gasteiger partial charge in [0.25, 0.3) is 0 Å². The molecule has 0 aromatic carbocycles. The number of thiophene rings is 1. The van der Waals surface area contributed by atoms with Crippen molar-refractivity contribution in [2.24, 2.45) is 0 Å². The van der Waals surface area contributed by atoms with E-state index in [0.29, 0.717) is 0 Å². The maximum absolute atomic E-state index is 4.28. The topological polar surface area (TPSA) is 28.7 Å². The van der Waals surface area contributed by atoms with Gasteiger partial charge in [-0.25, -0.2) is 4.98 Å². The minimum absolute atomic E-state index is 0.957. The highest BCUT2D eigenvalue weighted by Crippen LogP contribution is 2.32. The normalized spacial score (nSPS) is 11.0. The number of hydrogen-bond acceptors (Lipinski definition) is 2. The van der Waals surface area contributed by atoms with Crippen molar-refractivity contribution in [3.8, 4) is 10.4 Å². The third kappa shape index (κ3) is 1.36. The minimum Gasteiger partial charge on any atom is -0.346 e. The molecule has 3 aromatic heterocycles. The summed E-state index contributed by atoms with van der Waals surface area (Å²) in [6.45, 7) is 2.13. The first-order valence-corrected chi connectivity index (χ1v) is 5.65. The van der Waals surface area contributed by atoms with Gasteiger partial charge in [-0.2, -0.15) is 0 Å². The first kappa shape index (κ1) is 8.68. The van der Waals surface area contributed by atoms with E-state index in [1.165, 1.54) is 20.7 Å². The van der Waals surface area contributed by atoms with Gasteiger partial charge in [0.2, 0.25) is 0 Å². The van der Waals surface area contributed by atoms with E-state index in [2.05, 4.69) is 41.2 Å². The van der Waals surface area contributed by atoms with Gasteiger partial charge in [-0.15, -0.1) is 11.3 Å². The number of pyridine rings is 1. The van der Waals surface area contributed by atoms with Crippen LogP contribution in [0.1, 0.15) is 4.88 Å². The Kier molecular flexibility index (Phi) is 1.86. The number of nitrogens with one attached hydrogen (secondary N) is 1. The van der Waals surface area contributed by atoms with E-state index in [9.17, 15) is 0 Å². The van der Waals surface area contributed by atoms with Gasteiger partial charge in [-0.3, -0.25) is 0 Å². The molecule has 1 N–H and O–H groups in total. The monoisotopic (exact) mass is 214 g/mol. The second kappa shape index (κ2) is 3.21. The van der Waals surface area contributed by atoms with Gasteiger partial charge in [-0.1, -0.05) is 0 Å². The quantitative estimate of drug-likeness (QED) is 0.658. The lowest BCUT2D eigenvalue weighted by atomic mass is 10.1. The highest BCUT2D eigenvalue weighted by Gasteiger charge is 2.06. The second-order valence-electron chi connectivity index (χ2n) is 3.51. The lowest BCUT2D eigenvalue weighted by Crippen LogP contribution is -1.78. The molecule has 74 valence electrons. The number of nitrogens with zero attached hydrogens (tertiary/aromatic N) is 1. The van der Waals surface area contributed by atoms with Crippen LogP contribution in [0.25, 0.3) is 21.5 Å². The van der Waals surface area contributed by atoms with Gasteiger partial charge in [0.15, 0.2) is 0 Å². The predicted molar refractivity (Wildman–Crippen MR) is 64.1 cm³/mol. The molecule has 3 rings (SSSR count). The zero-order valence-corrected chi connectivity index (χ0v) is 9.14. The Morgan fingerprint density at radius 2 is 2.13 bits per heavy atom. The number of aromatic amines is 1. The van der Waals surface area contributed by atoms with E-state index in [1.54, 1.807) is 0 Å². The fourth-order valence-corrected chi connectivity index (χ4v) is 2.66. The predicted octanol–water partition coefficient (Wildman–Crippen LogP) is 3.60. The standard InChI is InChI=1S/C12H10N2S/c1-8-2-3-11(15-8)9-4-6-13-12-10(9)5-7-14-12/h2-7H,1H3,(H,13,14). The molecule has 0 saturated carbocycles. The average molecular weight is 214 g/mol. The van der Waals surface area contributed by atoms with E-state index < -0.39 is 0 Å². The van der Waals surface area contributed by atoms with Gasteiger partial charge in [-0.05, 0) is 31.2 Å². The molecule has 0 saturated heterocycles. The zero-order chi connectivity index (χ0) is 10.3. The summed E-state index contributed by atoms with van der Waals surface area (Å²) in [5.41, 5.74) is 2.22. The maximum Gasteiger partial charge on any atom is 0.137 e. The Balaban J connectivity index is 2.30. The highest BCUT2D eigenvalue weighted by molar-refractivity contribution is 7.15. The fraction of sp³-hybridized carbons (Fsp3) is 0.0833. The van der Waals surface area contributed by atoms with Crippen LogP contribution in [0.2, 0.25) is 0 Å². The third-order valence-electron chi connectivity index (χ3n) is 2.47. The van der Waals surface area contributed by atoms with Crippen LogP contribution in [0, 0.1) is 6.92 Å². The van der Waals surface area contributed by atoms with E-state index in [4.69, 9.17) is 0 Å². The van der Waals surface area contributed by atoms with Crippen molar-refractivity contribution in [1.82, 2.24) is 9.97 Å². The number of aryl methyl sites for hydroxylation is 1. The summed E-state index contributed by atoms with van der Waals surface area (Å²) in [6.07, 6.45) is 3.78. The van der Waals surface area contributed by atoms with Gasteiger partial charge in [0.1, 0.15) is 5.65 Å². The Hall–Kier alpha value is -1.61. The molecule has 0 aliphatic rings. The molecular formula is C12H10N2S. The Labute approximate surface area is 91.6 Å². The molecule has 2 nitrogen and oxygen atoms in total. The number of rotatable bonds is 1. The lowest BCUT2D eigenvalue weighted by Gasteiger charge is -1.98. The SMILES string of the molecule is Cc1ccc(-c2ccnc3[nH]ccc23)s1. The smallest absolute Gasteiger partial charge is 0.137 e. The minimum atomic E-state index is 0.957. The van der Waals surface area contributed by atoms with Crippen LogP contribution in [0.4, 0.5) is 0 Å². The molecule has 0 unspecified atom stereocenters. The Morgan fingerprint density at radius 1 is 1.20 bits per heavy atom. The lowest BCUT2D eigenvalue weighted by molar-refractivity contribution is 1.33. The molecule has 15 heavy (non-hydrogen) atoms. The summed E-state index contributed by atoms with van der Waals surface area (Å²) in [5.74, 6) is 0. The van der Waals surface area contributed by atoms with E-state index in [-0.39, 0.29) is 0 Å². The van der Waals surface area contributed by atoms with Crippen molar-refractivity contribution in [3.05, 3.63) is 41.5 Å². The zero-order valence-electron chi connectivity index (χ0n) is 8.32. The number of H-pyrrole nitrogens is 1. The van der Waals surface area contributed by atoms with Crippen molar-refractivity contribution < 1.29 is 0 Å². The highest BCUT2D eigenvalue weighted by atomic mass is 32.1.